The number of pyridine rings is 4. The Hall–Kier alpha value is -6.52. The van der Waals surface area contributed by atoms with E-state index >= 15 is 0 Å². The van der Waals surface area contributed by atoms with Crippen LogP contribution in [0.25, 0.3) is 21.8 Å². The van der Waals surface area contributed by atoms with E-state index in [2.05, 4.69) is 45.9 Å². The van der Waals surface area contributed by atoms with E-state index in [-0.39, 0.29) is 23.7 Å². The summed E-state index contributed by atoms with van der Waals surface area (Å²) in [4.78, 5) is 47.0. The summed E-state index contributed by atoms with van der Waals surface area (Å²) in [5, 5.41) is 20.8. The van der Waals surface area contributed by atoms with Gasteiger partial charge >= 0.3 is 0 Å². The second kappa shape index (κ2) is 18.6. The lowest BCUT2D eigenvalue weighted by molar-refractivity contribution is -0.134. The zero-order valence-corrected chi connectivity index (χ0v) is 33.2. The number of hydrogen-bond donors (Lipinski definition) is 0. The fourth-order valence-corrected chi connectivity index (χ4v) is 8.75. The maximum absolute atomic E-state index is 12.9. The number of carbonyl (C=O) groups is 2. The standard InChI is InChI=1S/2C24H24N4O/c2*1-17-12-20(21-8-7-19(13-25)24-22(21)5-3-11-27-24)16-28(15-17)23(29)9-6-18-4-2-10-26-14-18/h2*2-5,7-8,10-11,14,17,20H,6,9,12,15-16H2,1H3/t17-,20?;/m1./s1. The molecule has 4 atom stereocenters. The van der Waals surface area contributed by atoms with Crippen LogP contribution < -0.4 is 0 Å². The maximum atomic E-state index is 12.9. The largest absolute Gasteiger partial charge is 0.342 e. The Morgan fingerprint density at radius 1 is 0.603 bits per heavy atom. The number of benzene rings is 2. The van der Waals surface area contributed by atoms with Gasteiger partial charge in [0.2, 0.25) is 11.8 Å². The predicted molar refractivity (Wildman–Crippen MR) is 224 cm³/mol. The Morgan fingerprint density at radius 3 is 1.43 bits per heavy atom. The molecule has 2 fully saturated rings. The molecular formula is C48H48N8O2. The van der Waals surface area contributed by atoms with Gasteiger partial charge in [-0.15, -0.1) is 0 Å². The van der Waals surface area contributed by atoms with Crippen molar-refractivity contribution in [1.29, 1.82) is 10.5 Å². The number of rotatable bonds is 8. The highest BCUT2D eigenvalue weighted by Gasteiger charge is 2.31. The van der Waals surface area contributed by atoms with Crippen molar-refractivity contribution >= 4 is 33.6 Å². The summed E-state index contributed by atoms with van der Waals surface area (Å²) >= 11 is 0. The van der Waals surface area contributed by atoms with Gasteiger partial charge in [-0.3, -0.25) is 29.5 Å². The molecule has 4 aromatic heterocycles. The predicted octanol–water partition coefficient (Wildman–Crippen LogP) is 8.17. The first-order chi connectivity index (χ1) is 28.3. The Balaban J connectivity index is 0.000000177. The number of hydrogen-bond acceptors (Lipinski definition) is 8. The van der Waals surface area contributed by atoms with Crippen LogP contribution in [0.5, 0.6) is 0 Å². The van der Waals surface area contributed by atoms with E-state index in [1.807, 2.05) is 95.0 Å². The Labute approximate surface area is 340 Å². The lowest BCUT2D eigenvalue weighted by Crippen LogP contribution is -2.42. The first kappa shape index (κ1) is 39.7. The summed E-state index contributed by atoms with van der Waals surface area (Å²) in [6, 6.07) is 28.0. The molecule has 2 aromatic carbocycles. The quantitative estimate of drug-likeness (QED) is 0.151. The number of amides is 2. The first-order valence-corrected chi connectivity index (χ1v) is 20.2. The van der Waals surface area contributed by atoms with Gasteiger partial charge < -0.3 is 9.80 Å². The number of fused-ring (bicyclic) bond motifs is 2. The molecule has 10 heteroatoms. The van der Waals surface area contributed by atoms with Crippen molar-refractivity contribution < 1.29 is 9.59 Å². The van der Waals surface area contributed by atoms with Crippen molar-refractivity contribution in [2.24, 2.45) is 11.8 Å². The molecule has 0 spiro atoms. The second-order valence-corrected chi connectivity index (χ2v) is 15.8. The summed E-state index contributed by atoms with van der Waals surface area (Å²) < 4.78 is 0. The molecule has 0 saturated carbocycles. The lowest BCUT2D eigenvalue weighted by Gasteiger charge is -2.37. The molecular weight excluding hydrogens is 721 g/mol. The molecule has 6 heterocycles. The van der Waals surface area contributed by atoms with Crippen LogP contribution in [-0.2, 0) is 22.4 Å². The lowest BCUT2D eigenvalue weighted by atomic mass is 9.83. The summed E-state index contributed by atoms with van der Waals surface area (Å²) in [6.45, 7) is 7.44. The Morgan fingerprint density at radius 2 is 1.03 bits per heavy atom. The highest BCUT2D eigenvalue weighted by atomic mass is 16.2. The number of aryl methyl sites for hydroxylation is 2. The van der Waals surface area contributed by atoms with E-state index in [4.69, 9.17) is 0 Å². The Kier molecular flexibility index (Phi) is 12.7. The molecule has 8 rings (SSSR count). The van der Waals surface area contributed by atoms with Gasteiger partial charge in [0.15, 0.2) is 0 Å². The van der Waals surface area contributed by atoms with Gasteiger partial charge in [0.1, 0.15) is 12.1 Å². The summed E-state index contributed by atoms with van der Waals surface area (Å²) in [5.74, 6) is 1.75. The topological polar surface area (TPSA) is 140 Å². The van der Waals surface area contributed by atoms with Crippen LogP contribution in [-0.4, -0.2) is 67.7 Å². The van der Waals surface area contributed by atoms with E-state index in [0.717, 1.165) is 58.9 Å². The molecule has 0 aliphatic carbocycles. The summed E-state index contributed by atoms with van der Waals surface area (Å²) in [7, 11) is 0. The van der Waals surface area contributed by atoms with Crippen LogP contribution >= 0.6 is 0 Å². The summed E-state index contributed by atoms with van der Waals surface area (Å²) in [6.07, 6.45) is 15.1. The van der Waals surface area contributed by atoms with Crippen LogP contribution in [0.1, 0.15) is 84.7 Å². The minimum Gasteiger partial charge on any atom is -0.342 e. The number of likely N-dealkylation sites (tertiary alicyclic amines) is 2. The highest BCUT2D eigenvalue weighted by Crippen LogP contribution is 2.36. The van der Waals surface area contributed by atoms with E-state index in [9.17, 15) is 20.1 Å². The average molecular weight is 769 g/mol. The number of nitrogens with zero attached hydrogens (tertiary/aromatic N) is 8. The minimum absolute atomic E-state index is 0.196. The third kappa shape index (κ3) is 9.36. The van der Waals surface area contributed by atoms with Gasteiger partial charge in [-0.25, -0.2) is 0 Å². The molecule has 58 heavy (non-hydrogen) atoms. The van der Waals surface area contributed by atoms with Crippen LogP contribution in [0, 0.1) is 34.5 Å². The van der Waals surface area contributed by atoms with Gasteiger partial charge in [-0.05, 0) is 96.2 Å². The smallest absolute Gasteiger partial charge is 0.222 e. The molecule has 0 N–H and O–H groups in total. The number of nitriles is 2. The third-order valence-corrected chi connectivity index (χ3v) is 11.5. The minimum atomic E-state index is 0.196. The van der Waals surface area contributed by atoms with Gasteiger partial charge in [0.05, 0.1) is 22.2 Å². The van der Waals surface area contributed by atoms with Crippen molar-refractivity contribution in [2.45, 2.75) is 64.2 Å². The molecule has 6 aromatic rings. The Bertz CT molecular complexity index is 2290. The average Bonchev–Trinajstić information content (AvgIpc) is 3.27. The van der Waals surface area contributed by atoms with Crippen molar-refractivity contribution in [1.82, 2.24) is 29.7 Å². The first-order valence-electron chi connectivity index (χ1n) is 20.2. The second-order valence-electron chi connectivity index (χ2n) is 15.8. The van der Waals surface area contributed by atoms with Gasteiger partial charge in [0.25, 0.3) is 0 Å². The van der Waals surface area contributed by atoms with Crippen molar-refractivity contribution in [3.63, 3.8) is 0 Å². The SMILES string of the molecule is CC1CC(c2ccc(C#N)c3ncccc23)CN(C(=O)CCc2cccnc2)C1.C[C@@H]1CC(c2ccc(C#N)c3ncccc23)CN(C(=O)CCc2cccnc2)C1. The van der Waals surface area contributed by atoms with E-state index < -0.39 is 0 Å². The van der Waals surface area contributed by atoms with Crippen molar-refractivity contribution in [2.75, 3.05) is 26.2 Å². The van der Waals surface area contributed by atoms with Gasteiger partial charge in [-0.2, -0.15) is 10.5 Å². The molecule has 2 aliphatic rings. The molecule has 0 radical (unpaired) electrons. The zero-order chi connectivity index (χ0) is 40.4. The number of carbonyl (C=O) groups excluding carboxylic acids is 2. The van der Waals surface area contributed by atoms with Crippen LogP contribution in [0.4, 0.5) is 0 Å². The maximum Gasteiger partial charge on any atom is 0.222 e. The fraction of sp³-hybridized carbons (Fsp3) is 0.333. The van der Waals surface area contributed by atoms with Crippen LogP contribution in [0.3, 0.4) is 0 Å². The van der Waals surface area contributed by atoms with Crippen LogP contribution in [0.15, 0.2) is 110 Å². The van der Waals surface area contributed by atoms with Crippen LogP contribution in [0.2, 0.25) is 0 Å². The molecule has 0 bridgehead atoms. The van der Waals surface area contributed by atoms with Gasteiger partial charge in [0, 0.05) is 98.8 Å². The molecule has 292 valence electrons. The highest BCUT2D eigenvalue weighted by molar-refractivity contribution is 5.88. The fourth-order valence-electron chi connectivity index (χ4n) is 8.75. The summed E-state index contributed by atoms with van der Waals surface area (Å²) in [5.41, 5.74) is 7.24. The normalized spacial score (nSPS) is 19.1. The van der Waals surface area contributed by atoms with E-state index in [1.165, 1.54) is 11.1 Å². The molecule has 2 aliphatic heterocycles. The van der Waals surface area contributed by atoms with E-state index in [1.54, 1.807) is 24.8 Å². The number of piperidine rings is 2. The molecule has 3 unspecified atom stereocenters. The monoisotopic (exact) mass is 768 g/mol. The van der Waals surface area contributed by atoms with Gasteiger partial charge in [-0.1, -0.05) is 50.2 Å². The van der Waals surface area contributed by atoms with Crippen molar-refractivity contribution in [3.05, 3.63) is 143 Å². The molecule has 2 saturated heterocycles. The third-order valence-electron chi connectivity index (χ3n) is 11.5. The van der Waals surface area contributed by atoms with Crippen molar-refractivity contribution in [3.8, 4) is 12.1 Å². The van der Waals surface area contributed by atoms with E-state index in [0.29, 0.717) is 61.7 Å². The zero-order valence-electron chi connectivity index (χ0n) is 33.2. The number of aromatic nitrogens is 4. The molecule has 10 nitrogen and oxygen atoms in total. The molecule has 2 amide bonds.